The Kier molecular flexibility index (Phi) is 4.63. The molecule has 1 amide bonds. The molecule has 3 nitrogen and oxygen atoms in total. The van der Waals surface area contributed by atoms with E-state index >= 15 is 0 Å². The second-order valence-electron chi connectivity index (χ2n) is 5.14. The van der Waals surface area contributed by atoms with E-state index in [1.54, 1.807) is 19.1 Å². The van der Waals surface area contributed by atoms with Crippen molar-refractivity contribution in [1.82, 2.24) is 0 Å². The van der Waals surface area contributed by atoms with Crippen molar-refractivity contribution in [3.05, 3.63) is 64.4 Å². The van der Waals surface area contributed by atoms with Crippen LogP contribution in [0.1, 0.15) is 12.5 Å². The molecular weight excluding hydrogens is 335 g/mol. The number of amides is 1. The maximum absolute atomic E-state index is 13.3. The number of anilines is 1. The van der Waals surface area contributed by atoms with Crippen LogP contribution in [0.3, 0.4) is 0 Å². The average Bonchev–Trinajstić information content (AvgIpc) is 2.38. The van der Waals surface area contributed by atoms with Crippen molar-refractivity contribution in [2.45, 2.75) is 18.9 Å². The third-order valence-electron chi connectivity index (χ3n) is 3.24. The Labute approximate surface area is 131 Å². The lowest BCUT2D eigenvalue weighted by atomic mass is 9.91. The third kappa shape index (κ3) is 4.04. The summed E-state index contributed by atoms with van der Waals surface area (Å²) in [6.45, 7) is 1.71. The number of hydrogen-bond acceptors (Lipinski definition) is 2. The maximum atomic E-state index is 13.3. The summed E-state index contributed by atoms with van der Waals surface area (Å²) in [5.74, 6) is -0.825. The number of carbonyl (C=O) groups is 1. The molecule has 21 heavy (non-hydrogen) atoms. The van der Waals surface area contributed by atoms with Crippen molar-refractivity contribution >= 4 is 27.5 Å². The molecule has 5 heteroatoms. The van der Waals surface area contributed by atoms with Gasteiger partial charge in [-0.25, -0.2) is 4.39 Å². The van der Waals surface area contributed by atoms with Gasteiger partial charge < -0.3 is 11.1 Å². The van der Waals surface area contributed by atoms with Gasteiger partial charge >= 0.3 is 0 Å². The first-order valence-electron chi connectivity index (χ1n) is 6.47. The molecular formula is C16H16BrFN2O. The number of rotatable bonds is 5. The van der Waals surface area contributed by atoms with Gasteiger partial charge in [-0.2, -0.15) is 0 Å². The predicted octanol–water partition coefficient (Wildman–Crippen LogP) is 3.49. The van der Waals surface area contributed by atoms with Crippen molar-refractivity contribution in [2.75, 3.05) is 5.32 Å². The van der Waals surface area contributed by atoms with Crippen LogP contribution in [0.2, 0.25) is 0 Å². The highest BCUT2D eigenvalue weighted by Crippen LogP contribution is 2.23. The Bertz CT molecular complexity index is 613. The molecule has 1 unspecified atom stereocenters. The number of carbonyl (C=O) groups excluding carboxylic acids is 1. The molecule has 1 atom stereocenters. The second-order valence-corrected chi connectivity index (χ2v) is 6.05. The molecule has 0 aliphatic rings. The van der Waals surface area contributed by atoms with E-state index in [2.05, 4.69) is 21.2 Å². The van der Waals surface area contributed by atoms with Crippen molar-refractivity contribution in [1.29, 1.82) is 0 Å². The highest BCUT2D eigenvalue weighted by atomic mass is 79.9. The van der Waals surface area contributed by atoms with E-state index in [1.165, 1.54) is 12.1 Å². The number of nitrogens with two attached hydrogens (primary N) is 1. The van der Waals surface area contributed by atoms with Crippen molar-refractivity contribution in [3.8, 4) is 0 Å². The summed E-state index contributed by atoms with van der Waals surface area (Å²) in [5.41, 5.74) is 6.00. The molecule has 2 aromatic carbocycles. The van der Waals surface area contributed by atoms with Crippen LogP contribution in [0.15, 0.2) is 53.0 Å². The average molecular weight is 351 g/mol. The summed E-state index contributed by atoms with van der Waals surface area (Å²) in [6, 6.07) is 13.6. The van der Waals surface area contributed by atoms with Gasteiger partial charge in [0.1, 0.15) is 11.4 Å². The summed E-state index contributed by atoms with van der Waals surface area (Å²) >= 11 is 3.38. The fourth-order valence-electron chi connectivity index (χ4n) is 2.13. The van der Waals surface area contributed by atoms with Crippen LogP contribution in [-0.2, 0) is 11.2 Å². The van der Waals surface area contributed by atoms with Gasteiger partial charge in [0.15, 0.2) is 0 Å². The van der Waals surface area contributed by atoms with Gasteiger partial charge in [-0.05, 0) is 42.8 Å². The minimum atomic E-state index is -1.01. The lowest BCUT2D eigenvalue weighted by Crippen LogP contribution is -2.49. The zero-order valence-electron chi connectivity index (χ0n) is 11.6. The molecule has 0 radical (unpaired) electrons. The summed E-state index contributed by atoms with van der Waals surface area (Å²) in [5, 5.41) is 3.14. The molecule has 2 rings (SSSR count). The standard InChI is InChI=1S/C16H16BrFN2O/c1-16(15(19)21,10-11-4-2-6-13(18)8-11)20-14-7-3-5-12(17)9-14/h2-9,20H,10H2,1H3,(H2,19,21). The number of primary amides is 1. The van der Waals surface area contributed by atoms with Crippen LogP contribution in [0.4, 0.5) is 10.1 Å². The molecule has 3 N–H and O–H groups in total. The molecule has 0 heterocycles. The smallest absolute Gasteiger partial charge is 0.243 e. The topological polar surface area (TPSA) is 55.1 Å². The van der Waals surface area contributed by atoms with Crippen molar-refractivity contribution in [2.24, 2.45) is 5.73 Å². The Balaban J connectivity index is 2.26. The molecule has 0 fully saturated rings. The van der Waals surface area contributed by atoms with E-state index in [-0.39, 0.29) is 5.82 Å². The number of benzene rings is 2. The first-order chi connectivity index (χ1) is 9.89. The summed E-state index contributed by atoms with van der Waals surface area (Å²) in [7, 11) is 0. The van der Waals surface area contributed by atoms with Crippen LogP contribution in [0, 0.1) is 5.82 Å². The minimum Gasteiger partial charge on any atom is -0.371 e. The van der Waals surface area contributed by atoms with Gasteiger partial charge in [0.25, 0.3) is 0 Å². The zero-order valence-corrected chi connectivity index (χ0v) is 13.2. The lowest BCUT2D eigenvalue weighted by Gasteiger charge is -2.29. The predicted molar refractivity (Wildman–Crippen MR) is 85.5 cm³/mol. The Morgan fingerprint density at radius 3 is 2.62 bits per heavy atom. The molecule has 0 aliphatic carbocycles. The molecule has 0 spiro atoms. The van der Waals surface area contributed by atoms with E-state index in [1.807, 2.05) is 24.3 Å². The van der Waals surface area contributed by atoms with Gasteiger partial charge in [-0.15, -0.1) is 0 Å². The molecule has 0 bridgehead atoms. The van der Waals surface area contributed by atoms with Crippen LogP contribution < -0.4 is 11.1 Å². The summed E-state index contributed by atoms with van der Waals surface area (Å²) < 4.78 is 14.2. The normalized spacial score (nSPS) is 13.5. The third-order valence-corrected chi connectivity index (χ3v) is 3.73. The first kappa shape index (κ1) is 15.5. The monoisotopic (exact) mass is 350 g/mol. The van der Waals surface area contributed by atoms with E-state index in [0.29, 0.717) is 12.0 Å². The molecule has 0 aliphatic heterocycles. The molecule has 0 saturated heterocycles. The Morgan fingerprint density at radius 2 is 2.00 bits per heavy atom. The summed E-state index contributed by atoms with van der Waals surface area (Å²) in [6.07, 6.45) is 0.298. The zero-order chi connectivity index (χ0) is 15.5. The Hall–Kier alpha value is -1.88. The molecule has 2 aromatic rings. The molecule has 0 aromatic heterocycles. The van der Waals surface area contributed by atoms with Crippen LogP contribution in [-0.4, -0.2) is 11.4 Å². The number of hydrogen-bond donors (Lipinski definition) is 2. The fraction of sp³-hybridized carbons (Fsp3) is 0.188. The second kappa shape index (κ2) is 6.26. The highest BCUT2D eigenvalue weighted by Gasteiger charge is 2.31. The number of nitrogens with one attached hydrogen (secondary N) is 1. The van der Waals surface area contributed by atoms with Crippen LogP contribution in [0.5, 0.6) is 0 Å². The quantitative estimate of drug-likeness (QED) is 0.867. The van der Waals surface area contributed by atoms with Crippen LogP contribution in [0.25, 0.3) is 0 Å². The van der Waals surface area contributed by atoms with Gasteiger partial charge in [0, 0.05) is 16.6 Å². The van der Waals surface area contributed by atoms with Gasteiger partial charge in [0.05, 0.1) is 0 Å². The van der Waals surface area contributed by atoms with Crippen molar-refractivity contribution < 1.29 is 9.18 Å². The minimum absolute atomic E-state index is 0.298. The van der Waals surface area contributed by atoms with E-state index in [9.17, 15) is 9.18 Å². The summed E-state index contributed by atoms with van der Waals surface area (Å²) in [4.78, 5) is 11.9. The SMILES string of the molecule is CC(Cc1cccc(F)c1)(Nc1cccc(Br)c1)C(N)=O. The largest absolute Gasteiger partial charge is 0.371 e. The van der Waals surface area contributed by atoms with Gasteiger partial charge in [-0.3, -0.25) is 4.79 Å². The van der Waals surface area contributed by atoms with E-state index < -0.39 is 11.4 Å². The van der Waals surface area contributed by atoms with E-state index in [4.69, 9.17) is 5.73 Å². The maximum Gasteiger partial charge on any atom is 0.243 e. The fourth-order valence-corrected chi connectivity index (χ4v) is 2.53. The van der Waals surface area contributed by atoms with Crippen molar-refractivity contribution in [3.63, 3.8) is 0 Å². The highest BCUT2D eigenvalue weighted by molar-refractivity contribution is 9.10. The molecule has 110 valence electrons. The number of halogens is 2. The lowest BCUT2D eigenvalue weighted by molar-refractivity contribution is -0.121. The molecule has 0 saturated carbocycles. The van der Waals surface area contributed by atoms with Gasteiger partial charge in [0.2, 0.25) is 5.91 Å². The Morgan fingerprint density at radius 1 is 1.29 bits per heavy atom. The van der Waals surface area contributed by atoms with Crippen LogP contribution >= 0.6 is 15.9 Å². The van der Waals surface area contributed by atoms with Gasteiger partial charge in [-0.1, -0.05) is 34.1 Å². The first-order valence-corrected chi connectivity index (χ1v) is 7.26. The van der Waals surface area contributed by atoms with E-state index in [0.717, 1.165) is 10.2 Å².